The van der Waals surface area contributed by atoms with Crippen LogP contribution < -0.4 is 11.1 Å². The minimum absolute atomic E-state index is 0.0183. The Labute approximate surface area is 139 Å². The first-order valence-electron chi connectivity index (χ1n) is 7.09. The fourth-order valence-electron chi connectivity index (χ4n) is 1.67. The topological polar surface area (TPSA) is 125 Å². The Balaban J connectivity index is 2.58. The lowest BCUT2D eigenvalue weighted by molar-refractivity contribution is -0.134. The van der Waals surface area contributed by atoms with Gasteiger partial charge in [0.25, 0.3) is 0 Å². The van der Waals surface area contributed by atoms with Crippen molar-refractivity contribution in [2.45, 2.75) is 32.0 Å². The number of likely N-dealkylation sites (N-methyl/N-ethyl adjacent to an activating group) is 1. The highest BCUT2D eigenvalue weighted by Gasteiger charge is 2.17. The van der Waals surface area contributed by atoms with Crippen molar-refractivity contribution in [1.82, 2.24) is 20.2 Å². The predicted octanol–water partition coefficient (Wildman–Crippen LogP) is 0.396. The fraction of sp³-hybridized carbons (Fsp3) is 0.500. The molecule has 1 rings (SSSR count). The van der Waals surface area contributed by atoms with Gasteiger partial charge in [-0.1, -0.05) is 11.8 Å². The van der Waals surface area contributed by atoms with E-state index in [1.54, 1.807) is 6.92 Å². The third-order valence-electron chi connectivity index (χ3n) is 2.76. The van der Waals surface area contributed by atoms with Gasteiger partial charge in [0.1, 0.15) is 17.5 Å². The summed E-state index contributed by atoms with van der Waals surface area (Å²) in [6, 6.07) is 1.90. The maximum absolute atomic E-state index is 12.2. The minimum Gasteiger partial charge on any atom is -0.382 e. The van der Waals surface area contributed by atoms with Crippen LogP contribution in [0.15, 0.2) is 11.4 Å². The monoisotopic (exact) mass is 336 g/mol. The predicted molar refractivity (Wildman–Crippen MR) is 87.4 cm³/mol. The van der Waals surface area contributed by atoms with Crippen molar-refractivity contribution in [2.75, 3.05) is 24.6 Å². The van der Waals surface area contributed by atoms with Crippen molar-refractivity contribution >= 4 is 29.4 Å². The maximum Gasteiger partial charge on any atom is 0.239 e. The quantitative estimate of drug-likeness (QED) is 0.545. The van der Waals surface area contributed by atoms with Crippen molar-refractivity contribution in [2.24, 2.45) is 0 Å². The maximum atomic E-state index is 12.2. The number of carbonyl (C=O) groups is 2. The second-order valence-corrected chi connectivity index (χ2v) is 5.92. The van der Waals surface area contributed by atoms with E-state index in [1.165, 1.54) is 11.1 Å². The molecule has 124 valence electrons. The Morgan fingerprint density at radius 3 is 2.74 bits per heavy atom. The number of amides is 2. The van der Waals surface area contributed by atoms with Crippen LogP contribution in [-0.2, 0) is 9.59 Å². The number of rotatable bonds is 7. The smallest absolute Gasteiger partial charge is 0.239 e. The Kier molecular flexibility index (Phi) is 7.28. The van der Waals surface area contributed by atoms with Crippen molar-refractivity contribution < 1.29 is 9.59 Å². The van der Waals surface area contributed by atoms with Crippen LogP contribution in [0.25, 0.3) is 0 Å². The molecule has 0 saturated heterocycles. The molecule has 23 heavy (non-hydrogen) atoms. The summed E-state index contributed by atoms with van der Waals surface area (Å²) in [5.41, 5.74) is 5.80. The van der Waals surface area contributed by atoms with Gasteiger partial charge < -0.3 is 16.0 Å². The molecule has 3 N–H and O–H groups in total. The van der Waals surface area contributed by atoms with E-state index in [2.05, 4.69) is 15.3 Å². The molecule has 1 heterocycles. The summed E-state index contributed by atoms with van der Waals surface area (Å²) in [4.78, 5) is 33.3. The highest BCUT2D eigenvalue weighted by molar-refractivity contribution is 7.99. The Hall–Kier alpha value is -2.34. The van der Waals surface area contributed by atoms with Gasteiger partial charge in [0.15, 0.2) is 5.16 Å². The molecule has 0 aromatic carbocycles. The highest BCUT2D eigenvalue weighted by atomic mass is 32.2. The number of thioether (sulfide) groups is 1. The molecule has 0 bridgehead atoms. The number of carbonyl (C=O) groups excluding carboxylic acids is 2. The van der Waals surface area contributed by atoms with Gasteiger partial charge in [-0.05, 0) is 20.8 Å². The number of hydrogen-bond donors (Lipinski definition) is 2. The lowest BCUT2D eigenvalue weighted by Crippen LogP contribution is -2.43. The van der Waals surface area contributed by atoms with E-state index in [0.717, 1.165) is 11.8 Å². The van der Waals surface area contributed by atoms with Gasteiger partial charge in [0, 0.05) is 12.6 Å². The molecule has 9 heteroatoms. The average molecular weight is 336 g/mol. The van der Waals surface area contributed by atoms with Gasteiger partial charge >= 0.3 is 0 Å². The van der Waals surface area contributed by atoms with Crippen LogP contribution in [0.4, 0.5) is 5.82 Å². The van der Waals surface area contributed by atoms with Crippen molar-refractivity contribution in [3.63, 3.8) is 0 Å². The average Bonchev–Trinajstić information content (AvgIpc) is 2.49. The van der Waals surface area contributed by atoms with Crippen LogP contribution in [0.5, 0.6) is 0 Å². The van der Waals surface area contributed by atoms with Crippen molar-refractivity contribution in [1.29, 1.82) is 5.26 Å². The summed E-state index contributed by atoms with van der Waals surface area (Å²) >= 11 is 1.11. The van der Waals surface area contributed by atoms with Crippen LogP contribution in [0.3, 0.4) is 0 Å². The molecule has 0 radical (unpaired) electrons. The minimum atomic E-state index is -0.195. The highest BCUT2D eigenvalue weighted by Crippen LogP contribution is 2.16. The third kappa shape index (κ3) is 6.12. The number of hydrogen-bond acceptors (Lipinski definition) is 7. The second-order valence-electron chi connectivity index (χ2n) is 4.98. The number of nitrogens with zero attached hydrogens (tertiary/aromatic N) is 4. The van der Waals surface area contributed by atoms with Crippen molar-refractivity contribution in [3.8, 4) is 6.07 Å². The van der Waals surface area contributed by atoms with Crippen LogP contribution >= 0.6 is 11.8 Å². The summed E-state index contributed by atoms with van der Waals surface area (Å²) in [5.74, 6) is -0.211. The molecule has 0 aliphatic rings. The SMILES string of the molecule is CCN(CC(=O)NC(C)C)C(=O)CSc1ncc(C#N)c(N)n1. The molecule has 1 aromatic heterocycles. The number of nitriles is 1. The molecule has 0 saturated carbocycles. The van der Waals surface area contributed by atoms with Gasteiger partial charge in [-0.3, -0.25) is 9.59 Å². The molecule has 2 amide bonds. The molecule has 0 aliphatic carbocycles. The van der Waals surface area contributed by atoms with Crippen LogP contribution in [0, 0.1) is 11.3 Å². The van der Waals surface area contributed by atoms with Gasteiger partial charge in [0.05, 0.1) is 18.5 Å². The van der Waals surface area contributed by atoms with Crippen LogP contribution in [0.2, 0.25) is 0 Å². The van der Waals surface area contributed by atoms with Gasteiger partial charge in [-0.2, -0.15) is 5.26 Å². The first kappa shape index (κ1) is 18.7. The molecular formula is C14H20N6O2S. The first-order valence-corrected chi connectivity index (χ1v) is 8.08. The number of aromatic nitrogens is 2. The molecular weight excluding hydrogens is 316 g/mol. The fourth-order valence-corrected chi connectivity index (χ4v) is 2.39. The van der Waals surface area contributed by atoms with E-state index in [0.29, 0.717) is 11.7 Å². The number of nitrogens with two attached hydrogens (primary N) is 1. The summed E-state index contributed by atoms with van der Waals surface area (Å²) in [6.45, 7) is 5.98. The lowest BCUT2D eigenvalue weighted by Gasteiger charge is -2.20. The normalized spacial score (nSPS) is 10.2. The summed E-state index contributed by atoms with van der Waals surface area (Å²) in [5, 5.41) is 11.8. The first-order chi connectivity index (χ1) is 10.9. The standard InChI is InChI=1S/C14H20N6O2S/c1-4-20(7-11(21)18-9(2)3)12(22)8-23-14-17-6-10(5-15)13(16)19-14/h6,9H,4,7-8H2,1-3H3,(H,18,21)(H2,16,17,19). The van der Waals surface area contributed by atoms with E-state index in [1.807, 2.05) is 19.9 Å². The molecule has 0 unspecified atom stereocenters. The largest absolute Gasteiger partial charge is 0.382 e. The van der Waals surface area contributed by atoms with E-state index in [-0.39, 0.29) is 41.5 Å². The number of anilines is 1. The summed E-state index contributed by atoms with van der Waals surface area (Å²) in [6.07, 6.45) is 1.32. The van der Waals surface area contributed by atoms with Crippen LogP contribution in [0.1, 0.15) is 26.3 Å². The zero-order valence-electron chi connectivity index (χ0n) is 13.4. The molecule has 8 nitrogen and oxygen atoms in total. The molecule has 0 spiro atoms. The van der Waals surface area contributed by atoms with E-state index in [9.17, 15) is 9.59 Å². The van der Waals surface area contributed by atoms with Gasteiger partial charge in [-0.15, -0.1) is 0 Å². The van der Waals surface area contributed by atoms with Gasteiger partial charge in [0.2, 0.25) is 11.8 Å². The molecule has 0 atom stereocenters. The summed E-state index contributed by atoms with van der Waals surface area (Å²) < 4.78 is 0. The second kappa shape index (κ2) is 8.95. The Bertz CT molecular complexity index is 614. The number of nitrogens with one attached hydrogen (secondary N) is 1. The Morgan fingerprint density at radius 1 is 1.52 bits per heavy atom. The van der Waals surface area contributed by atoms with E-state index >= 15 is 0 Å². The van der Waals surface area contributed by atoms with Gasteiger partial charge in [-0.25, -0.2) is 9.97 Å². The van der Waals surface area contributed by atoms with Crippen molar-refractivity contribution in [3.05, 3.63) is 11.8 Å². The van der Waals surface area contributed by atoms with E-state index < -0.39 is 0 Å². The lowest BCUT2D eigenvalue weighted by atomic mass is 10.3. The van der Waals surface area contributed by atoms with E-state index in [4.69, 9.17) is 11.0 Å². The third-order valence-corrected chi connectivity index (χ3v) is 3.61. The Morgan fingerprint density at radius 2 is 2.22 bits per heavy atom. The van der Waals surface area contributed by atoms with Crippen LogP contribution in [-0.4, -0.2) is 51.6 Å². The zero-order chi connectivity index (χ0) is 17.4. The molecule has 1 aromatic rings. The zero-order valence-corrected chi connectivity index (χ0v) is 14.2. The molecule has 0 fully saturated rings. The number of nitrogen functional groups attached to an aromatic ring is 1. The summed E-state index contributed by atoms with van der Waals surface area (Å²) in [7, 11) is 0. The molecule has 0 aliphatic heterocycles.